The normalized spacial score (nSPS) is 12.4. The molecule has 0 bridgehead atoms. The quantitative estimate of drug-likeness (QED) is 0.714. The Morgan fingerprint density at radius 3 is 2.38 bits per heavy atom. The van der Waals surface area contributed by atoms with E-state index >= 15 is 0 Å². The molecule has 0 aliphatic rings. The molecule has 5 nitrogen and oxygen atoms in total. The maximum absolute atomic E-state index is 12.5. The zero-order valence-electron chi connectivity index (χ0n) is 16.3. The summed E-state index contributed by atoms with van der Waals surface area (Å²) in [6.45, 7) is 5.35. The summed E-state index contributed by atoms with van der Waals surface area (Å²) in [6.07, 6.45) is -5.73. The van der Waals surface area contributed by atoms with Crippen LogP contribution >= 0.6 is 0 Å². The number of rotatable bonds is 7. The van der Waals surface area contributed by atoms with Gasteiger partial charge in [-0.25, -0.2) is 0 Å². The number of carbonyl (C=O) groups excluding carboxylic acids is 2. The minimum absolute atomic E-state index is 0.227. The molecule has 0 spiro atoms. The van der Waals surface area contributed by atoms with E-state index in [1.54, 1.807) is 36.5 Å². The van der Waals surface area contributed by atoms with Gasteiger partial charge in [-0.15, -0.1) is 0 Å². The Bertz CT molecular complexity index is 866. The van der Waals surface area contributed by atoms with Crippen molar-refractivity contribution in [2.75, 3.05) is 5.32 Å². The third-order valence-corrected chi connectivity index (χ3v) is 4.12. The Labute approximate surface area is 167 Å². The van der Waals surface area contributed by atoms with Crippen LogP contribution in [0.2, 0.25) is 0 Å². The molecule has 0 radical (unpaired) electrons. The maximum Gasteiger partial charge on any atom is 0.471 e. The number of anilines is 1. The van der Waals surface area contributed by atoms with Gasteiger partial charge in [-0.2, -0.15) is 13.2 Å². The molecule has 0 aliphatic carbocycles. The molecule has 2 rings (SSSR count). The summed E-state index contributed by atoms with van der Waals surface area (Å²) >= 11 is 0. The lowest BCUT2D eigenvalue weighted by Gasteiger charge is -2.19. The van der Waals surface area contributed by atoms with Gasteiger partial charge in [-0.05, 0) is 42.2 Å². The molecule has 0 heterocycles. The number of alkyl halides is 3. The number of halogens is 3. The molecule has 156 valence electrons. The van der Waals surface area contributed by atoms with Crippen molar-refractivity contribution in [2.45, 2.75) is 45.5 Å². The number of amides is 2. The van der Waals surface area contributed by atoms with Crippen LogP contribution in [0.25, 0.3) is 0 Å². The molecular weight excluding hydrogens is 385 g/mol. The molecular formula is C21H23F3N2O3. The van der Waals surface area contributed by atoms with E-state index in [9.17, 15) is 22.8 Å². The molecule has 2 aromatic carbocycles. The van der Waals surface area contributed by atoms with Gasteiger partial charge >= 0.3 is 12.1 Å². The van der Waals surface area contributed by atoms with Gasteiger partial charge in [0.25, 0.3) is 5.91 Å². The van der Waals surface area contributed by atoms with Crippen LogP contribution < -0.4 is 15.4 Å². The fourth-order valence-corrected chi connectivity index (χ4v) is 2.59. The molecule has 29 heavy (non-hydrogen) atoms. The fourth-order valence-electron chi connectivity index (χ4n) is 2.59. The van der Waals surface area contributed by atoms with Gasteiger partial charge in [0, 0.05) is 12.2 Å². The molecule has 0 aliphatic heterocycles. The number of nitrogens with one attached hydrogen (secondary N) is 2. The van der Waals surface area contributed by atoms with Crippen molar-refractivity contribution in [1.82, 2.24) is 5.32 Å². The lowest BCUT2D eigenvalue weighted by molar-refractivity contribution is -0.173. The zero-order valence-corrected chi connectivity index (χ0v) is 16.3. The van der Waals surface area contributed by atoms with Gasteiger partial charge in [0.1, 0.15) is 5.75 Å². The molecule has 2 aromatic rings. The first-order valence-electron chi connectivity index (χ1n) is 9.08. The Kier molecular flexibility index (Phi) is 7.25. The van der Waals surface area contributed by atoms with Gasteiger partial charge < -0.3 is 15.4 Å². The maximum atomic E-state index is 12.5. The number of ether oxygens (including phenoxy) is 1. The summed E-state index contributed by atoms with van der Waals surface area (Å²) in [7, 11) is 0. The topological polar surface area (TPSA) is 67.4 Å². The number of hydrogen-bond donors (Lipinski definition) is 2. The van der Waals surface area contributed by atoms with Crippen molar-refractivity contribution in [3.05, 3.63) is 59.7 Å². The van der Waals surface area contributed by atoms with Crippen molar-refractivity contribution in [1.29, 1.82) is 0 Å². The summed E-state index contributed by atoms with van der Waals surface area (Å²) in [6, 6.07) is 13.7. The highest BCUT2D eigenvalue weighted by Crippen LogP contribution is 2.27. The largest absolute Gasteiger partial charge is 0.481 e. The van der Waals surface area contributed by atoms with E-state index in [4.69, 9.17) is 4.74 Å². The van der Waals surface area contributed by atoms with Crippen LogP contribution in [-0.4, -0.2) is 24.1 Å². The van der Waals surface area contributed by atoms with E-state index in [1.165, 1.54) is 6.07 Å². The molecule has 1 atom stereocenters. The third-order valence-electron chi connectivity index (χ3n) is 4.12. The van der Waals surface area contributed by atoms with Crippen molar-refractivity contribution in [3.63, 3.8) is 0 Å². The second kappa shape index (κ2) is 9.45. The van der Waals surface area contributed by atoms with Gasteiger partial charge in [-0.3, -0.25) is 9.59 Å². The SMILES string of the molecule is CC(Oc1ccccc1C(C)C)C(=O)Nc1cccc(CNC(=O)C(F)(F)F)c1. The van der Waals surface area contributed by atoms with Crippen molar-refractivity contribution >= 4 is 17.5 Å². The smallest absolute Gasteiger partial charge is 0.471 e. The van der Waals surface area contributed by atoms with Crippen LogP contribution in [0.15, 0.2) is 48.5 Å². The summed E-state index contributed by atoms with van der Waals surface area (Å²) < 4.78 is 42.6. The average molecular weight is 408 g/mol. The Hall–Kier alpha value is -3.03. The van der Waals surface area contributed by atoms with Crippen LogP contribution in [0.5, 0.6) is 5.75 Å². The molecule has 0 aromatic heterocycles. The van der Waals surface area contributed by atoms with Crippen LogP contribution in [0.4, 0.5) is 18.9 Å². The zero-order chi connectivity index (χ0) is 21.6. The lowest BCUT2D eigenvalue weighted by atomic mass is 10.0. The molecule has 2 amide bonds. The first-order chi connectivity index (χ1) is 13.6. The molecule has 0 saturated carbocycles. The van der Waals surface area contributed by atoms with E-state index in [-0.39, 0.29) is 12.5 Å². The highest BCUT2D eigenvalue weighted by atomic mass is 19.4. The Balaban J connectivity index is 1.99. The molecule has 8 heteroatoms. The molecule has 1 unspecified atom stereocenters. The second-order valence-electron chi connectivity index (χ2n) is 6.82. The third kappa shape index (κ3) is 6.51. The van der Waals surface area contributed by atoms with Gasteiger partial charge in [-0.1, -0.05) is 44.2 Å². The Morgan fingerprint density at radius 2 is 1.72 bits per heavy atom. The van der Waals surface area contributed by atoms with E-state index in [0.29, 0.717) is 17.0 Å². The summed E-state index contributed by atoms with van der Waals surface area (Å²) in [5, 5.41) is 4.46. The van der Waals surface area contributed by atoms with E-state index < -0.39 is 24.1 Å². The monoisotopic (exact) mass is 408 g/mol. The first-order valence-corrected chi connectivity index (χ1v) is 9.08. The number of carbonyl (C=O) groups is 2. The molecule has 0 fully saturated rings. The van der Waals surface area contributed by atoms with Gasteiger partial charge in [0.2, 0.25) is 0 Å². The second-order valence-corrected chi connectivity index (χ2v) is 6.82. The summed E-state index contributed by atoms with van der Waals surface area (Å²) in [5.74, 6) is -1.57. The lowest BCUT2D eigenvalue weighted by Crippen LogP contribution is -2.36. The highest BCUT2D eigenvalue weighted by molar-refractivity contribution is 5.94. The highest BCUT2D eigenvalue weighted by Gasteiger charge is 2.38. The van der Waals surface area contributed by atoms with Gasteiger partial charge in [0.05, 0.1) is 0 Å². The predicted molar refractivity (Wildman–Crippen MR) is 104 cm³/mol. The van der Waals surface area contributed by atoms with E-state index in [2.05, 4.69) is 5.32 Å². The number of hydrogen-bond acceptors (Lipinski definition) is 3. The van der Waals surface area contributed by atoms with Crippen LogP contribution in [0.1, 0.15) is 37.8 Å². The minimum Gasteiger partial charge on any atom is -0.481 e. The minimum atomic E-state index is -4.94. The average Bonchev–Trinajstić information content (AvgIpc) is 2.65. The van der Waals surface area contributed by atoms with Crippen molar-refractivity contribution in [3.8, 4) is 5.75 Å². The standard InChI is InChI=1S/C21H23F3N2O3/c1-13(2)17-9-4-5-10-18(17)29-14(3)19(27)26-16-8-6-7-15(11-16)12-25-20(28)21(22,23)24/h4-11,13-14H,12H2,1-3H3,(H,25,28)(H,26,27). The van der Waals surface area contributed by atoms with Gasteiger partial charge in [0.15, 0.2) is 6.10 Å². The molecule has 0 saturated heterocycles. The van der Waals surface area contributed by atoms with Crippen LogP contribution in [0.3, 0.4) is 0 Å². The summed E-state index contributed by atoms with van der Waals surface area (Å²) in [4.78, 5) is 23.4. The van der Waals surface area contributed by atoms with Crippen molar-refractivity contribution in [2.24, 2.45) is 0 Å². The van der Waals surface area contributed by atoms with Crippen LogP contribution in [0, 0.1) is 0 Å². The Morgan fingerprint density at radius 1 is 1.03 bits per heavy atom. The van der Waals surface area contributed by atoms with Crippen molar-refractivity contribution < 1.29 is 27.5 Å². The molecule has 2 N–H and O–H groups in total. The van der Waals surface area contributed by atoms with E-state index in [1.807, 2.05) is 32.0 Å². The van der Waals surface area contributed by atoms with Crippen LogP contribution in [-0.2, 0) is 16.1 Å². The first kappa shape index (κ1) is 22.3. The fraction of sp³-hybridized carbons (Fsp3) is 0.333. The predicted octanol–water partition coefficient (Wildman–Crippen LogP) is 4.39. The summed E-state index contributed by atoms with van der Waals surface area (Å²) in [5.41, 5.74) is 1.79. The number of para-hydroxylation sites is 1. The number of benzene rings is 2. The van der Waals surface area contributed by atoms with E-state index in [0.717, 1.165) is 5.56 Å².